The summed E-state index contributed by atoms with van der Waals surface area (Å²) in [5.74, 6) is -1.73. The van der Waals surface area contributed by atoms with E-state index in [2.05, 4.69) is 4.98 Å². The molecule has 0 radical (unpaired) electrons. The number of nitrogens with zero attached hydrogens (tertiary/aromatic N) is 2. The molecule has 0 aliphatic carbocycles. The molecule has 2 heterocycles. The van der Waals surface area contributed by atoms with E-state index in [1.807, 2.05) is 13.8 Å². The number of likely N-dealkylation sites (tertiary alicyclic amines) is 1. The number of rotatable bonds is 2. The number of halogens is 4. The van der Waals surface area contributed by atoms with Crippen LogP contribution in [-0.2, 0) is 11.2 Å². The van der Waals surface area contributed by atoms with Crippen LogP contribution in [0.5, 0.6) is 0 Å². The van der Waals surface area contributed by atoms with E-state index in [0.717, 1.165) is 9.88 Å². The molecule has 0 aromatic carbocycles. The van der Waals surface area contributed by atoms with Gasteiger partial charge in [-0.2, -0.15) is 13.2 Å². The van der Waals surface area contributed by atoms with Gasteiger partial charge in [0.05, 0.1) is 23.0 Å². The second kappa shape index (κ2) is 7.14. The Labute approximate surface area is 137 Å². The maximum atomic E-state index is 12.7. The Bertz CT molecular complexity index is 535. The average molecular weight is 358 g/mol. The third-order valence-corrected chi connectivity index (χ3v) is 4.68. The van der Waals surface area contributed by atoms with Crippen molar-refractivity contribution in [1.82, 2.24) is 9.88 Å². The van der Waals surface area contributed by atoms with Crippen LogP contribution in [0.15, 0.2) is 0 Å². The Balaban J connectivity index is 0.00000242. The lowest BCUT2D eigenvalue weighted by Gasteiger charge is -2.37. The summed E-state index contributed by atoms with van der Waals surface area (Å²) in [6.07, 6.45) is -4.30. The van der Waals surface area contributed by atoms with Crippen molar-refractivity contribution in [3.05, 3.63) is 15.6 Å². The summed E-state index contributed by atoms with van der Waals surface area (Å²) in [5, 5.41) is 0.878. The van der Waals surface area contributed by atoms with Gasteiger partial charge in [0.15, 0.2) is 0 Å². The summed E-state index contributed by atoms with van der Waals surface area (Å²) in [7, 11) is 0. The molecular weight excluding hydrogens is 339 g/mol. The SMILES string of the molecule is Cc1nc(CC(=O)N2CCC(C(F)(F)F)C(N)C2)c(C)s1.Cl. The van der Waals surface area contributed by atoms with Gasteiger partial charge in [0, 0.05) is 24.0 Å². The second-order valence-corrected chi connectivity index (χ2v) is 6.76. The van der Waals surface area contributed by atoms with Gasteiger partial charge in [0.2, 0.25) is 5.91 Å². The fourth-order valence-electron chi connectivity index (χ4n) is 2.61. The van der Waals surface area contributed by atoms with E-state index in [9.17, 15) is 18.0 Å². The Morgan fingerprint density at radius 1 is 1.45 bits per heavy atom. The molecule has 9 heteroatoms. The summed E-state index contributed by atoms with van der Waals surface area (Å²) >= 11 is 1.51. The first-order valence-electron chi connectivity index (χ1n) is 6.71. The van der Waals surface area contributed by atoms with E-state index in [-0.39, 0.29) is 44.2 Å². The van der Waals surface area contributed by atoms with Gasteiger partial charge in [0.1, 0.15) is 0 Å². The van der Waals surface area contributed by atoms with Gasteiger partial charge in [-0.1, -0.05) is 0 Å². The highest BCUT2D eigenvalue weighted by atomic mass is 35.5. The molecule has 2 atom stereocenters. The van der Waals surface area contributed by atoms with Crippen molar-refractivity contribution in [2.24, 2.45) is 11.7 Å². The highest BCUT2D eigenvalue weighted by Crippen LogP contribution is 2.33. The van der Waals surface area contributed by atoms with Crippen LogP contribution in [0.4, 0.5) is 13.2 Å². The van der Waals surface area contributed by atoms with Crippen molar-refractivity contribution in [3.8, 4) is 0 Å². The molecule has 2 unspecified atom stereocenters. The van der Waals surface area contributed by atoms with Gasteiger partial charge < -0.3 is 10.6 Å². The minimum Gasteiger partial charge on any atom is -0.341 e. The quantitative estimate of drug-likeness (QED) is 0.884. The Morgan fingerprint density at radius 2 is 2.09 bits per heavy atom. The van der Waals surface area contributed by atoms with Crippen LogP contribution in [0.3, 0.4) is 0 Å². The molecule has 2 N–H and O–H groups in total. The van der Waals surface area contributed by atoms with E-state index < -0.39 is 18.1 Å². The summed E-state index contributed by atoms with van der Waals surface area (Å²) in [6, 6.07) is -1.05. The Hall–Kier alpha value is -0.860. The van der Waals surface area contributed by atoms with Gasteiger partial charge >= 0.3 is 6.18 Å². The van der Waals surface area contributed by atoms with Crippen LogP contribution in [-0.4, -0.2) is 41.1 Å². The van der Waals surface area contributed by atoms with Gasteiger partial charge in [-0.3, -0.25) is 4.79 Å². The molecule has 2 rings (SSSR count). The molecular formula is C13H19ClF3N3OS. The lowest BCUT2D eigenvalue weighted by Crippen LogP contribution is -2.54. The maximum absolute atomic E-state index is 12.7. The van der Waals surface area contributed by atoms with Crippen molar-refractivity contribution < 1.29 is 18.0 Å². The van der Waals surface area contributed by atoms with Crippen molar-refractivity contribution in [2.75, 3.05) is 13.1 Å². The van der Waals surface area contributed by atoms with Crippen LogP contribution >= 0.6 is 23.7 Å². The number of piperidine rings is 1. The number of carbonyl (C=O) groups excluding carboxylic acids is 1. The van der Waals surface area contributed by atoms with Gasteiger partial charge in [0.25, 0.3) is 0 Å². The number of hydrogen-bond donors (Lipinski definition) is 1. The van der Waals surface area contributed by atoms with E-state index in [4.69, 9.17) is 5.73 Å². The minimum atomic E-state index is -4.29. The number of carbonyl (C=O) groups is 1. The largest absolute Gasteiger partial charge is 0.393 e. The van der Waals surface area contributed by atoms with E-state index in [0.29, 0.717) is 5.69 Å². The molecule has 1 fully saturated rings. The number of hydrogen-bond acceptors (Lipinski definition) is 4. The van der Waals surface area contributed by atoms with Crippen molar-refractivity contribution >= 4 is 29.7 Å². The molecule has 1 aliphatic heterocycles. The zero-order valence-electron chi connectivity index (χ0n) is 12.3. The van der Waals surface area contributed by atoms with E-state index >= 15 is 0 Å². The second-order valence-electron chi connectivity index (χ2n) is 5.35. The van der Waals surface area contributed by atoms with Gasteiger partial charge in [-0.05, 0) is 20.3 Å². The van der Waals surface area contributed by atoms with Crippen LogP contribution in [0.2, 0.25) is 0 Å². The Morgan fingerprint density at radius 3 is 2.55 bits per heavy atom. The molecule has 22 heavy (non-hydrogen) atoms. The van der Waals surface area contributed by atoms with E-state index in [1.165, 1.54) is 16.2 Å². The maximum Gasteiger partial charge on any atom is 0.393 e. The highest BCUT2D eigenvalue weighted by Gasteiger charge is 2.46. The number of aryl methyl sites for hydroxylation is 2. The molecule has 1 amide bonds. The zero-order chi connectivity index (χ0) is 15.8. The molecule has 1 aromatic heterocycles. The summed E-state index contributed by atoms with van der Waals surface area (Å²) < 4.78 is 38.2. The number of aromatic nitrogens is 1. The first-order chi connectivity index (χ1) is 9.68. The van der Waals surface area contributed by atoms with Crippen LogP contribution in [0.1, 0.15) is 22.0 Å². The predicted octanol–water partition coefficient (Wildman–Crippen LogP) is 2.46. The van der Waals surface area contributed by atoms with Crippen molar-refractivity contribution in [2.45, 2.75) is 38.9 Å². The van der Waals surface area contributed by atoms with Gasteiger partial charge in [-0.25, -0.2) is 4.98 Å². The normalized spacial score (nSPS) is 22.4. The monoisotopic (exact) mass is 357 g/mol. The summed E-state index contributed by atoms with van der Waals surface area (Å²) in [4.78, 5) is 18.8. The molecule has 1 aliphatic rings. The van der Waals surface area contributed by atoms with Gasteiger partial charge in [-0.15, -0.1) is 23.7 Å². The molecule has 0 bridgehead atoms. The van der Waals surface area contributed by atoms with E-state index in [1.54, 1.807) is 0 Å². The van der Waals surface area contributed by atoms with Crippen LogP contribution < -0.4 is 5.73 Å². The highest BCUT2D eigenvalue weighted by molar-refractivity contribution is 7.11. The topological polar surface area (TPSA) is 59.2 Å². The lowest BCUT2D eigenvalue weighted by molar-refractivity contribution is -0.190. The zero-order valence-corrected chi connectivity index (χ0v) is 13.9. The fourth-order valence-corrected chi connectivity index (χ4v) is 3.44. The molecule has 126 valence electrons. The first kappa shape index (κ1) is 19.2. The number of nitrogens with two attached hydrogens (primary N) is 1. The smallest absolute Gasteiger partial charge is 0.341 e. The first-order valence-corrected chi connectivity index (χ1v) is 7.53. The predicted molar refractivity (Wildman–Crippen MR) is 81.3 cm³/mol. The summed E-state index contributed by atoms with van der Waals surface area (Å²) in [5.41, 5.74) is 6.30. The van der Waals surface area contributed by atoms with Crippen molar-refractivity contribution in [1.29, 1.82) is 0 Å². The average Bonchev–Trinajstić information content (AvgIpc) is 2.66. The minimum absolute atomic E-state index is 0. The fraction of sp³-hybridized carbons (Fsp3) is 0.692. The molecule has 1 aromatic rings. The molecule has 4 nitrogen and oxygen atoms in total. The summed E-state index contributed by atoms with van der Waals surface area (Å²) in [6.45, 7) is 3.79. The molecule has 0 spiro atoms. The lowest BCUT2D eigenvalue weighted by atomic mass is 9.91. The number of amides is 1. The Kier molecular flexibility index (Phi) is 6.23. The van der Waals surface area contributed by atoms with Crippen molar-refractivity contribution in [3.63, 3.8) is 0 Å². The third kappa shape index (κ3) is 4.33. The molecule has 0 saturated carbocycles. The van der Waals surface area contributed by atoms with Crippen LogP contribution in [0, 0.1) is 19.8 Å². The third-order valence-electron chi connectivity index (χ3n) is 3.75. The number of alkyl halides is 3. The standard InChI is InChI=1S/C13H18F3N3OS.ClH/c1-7-11(18-8(2)21-7)5-12(20)19-4-3-9(10(17)6-19)13(14,15)16;/h9-10H,3-6,17H2,1-2H3;1H. The number of thiazole rings is 1. The van der Waals surface area contributed by atoms with Crippen LogP contribution in [0.25, 0.3) is 0 Å². The molecule has 1 saturated heterocycles.